The van der Waals surface area contributed by atoms with Crippen LogP contribution in [0.2, 0.25) is 5.02 Å². The molecule has 1 aliphatic heterocycles. The number of hydrogen-bond acceptors (Lipinski definition) is 7. The highest BCUT2D eigenvalue weighted by molar-refractivity contribution is 7.09. The lowest BCUT2D eigenvalue weighted by atomic mass is 9.96. The van der Waals surface area contributed by atoms with Crippen molar-refractivity contribution in [2.24, 2.45) is 5.92 Å². The van der Waals surface area contributed by atoms with Crippen molar-refractivity contribution in [2.75, 3.05) is 25.5 Å². The van der Waals surface area contributed by atoms with E-state index in [1.807, 2.05) is 74.6 Å². The average molecular weight is 609 g/mol. The topological polar surface area (TPSA) is 104 Å². The number of imidazole rings is 1. The van der Waals surface area contributed by atoms with Crippen molar-refractivity contribution in [2.45, 2.75) is 58.3 Å². The third kappa shape index (κ3) is 6.30. The van der Waals surface area contributed by atoms with Gasteiger partial charge in [-0.1, -0.05) is 30.7 Å². The van der Waals surface area contributed by atoms with Crippen LogP contribution < -0.4 is 10.2 Å². The fourth-order valence-corrected chi connectivity index (χ4v) is 6.55. The molecule has 5 rings (SSSR count). The lowest BCUT2D eigenvalue weighted by molar-refractivity contribution is -0.149. The van der Waals surface area contributed by atoms with Gasteiger partial charge in [0, 0.05) is 36.7 Å². The molecule has 4 aromatic rings. The summed E-state index contributed by atoms with van der Waals surface area (Å²) in [7, 11) is 3.96. The molecule has 0 spiro atoms. The molecular weight excluding hydrogens is 572 g/mol. The fourth-order valence-electron chi connectivity index (χ4n) is 5.66. The van der Waals surface area contributed by atoms with Crippen LogP contribution in [0.5, 0.6) is 0 Å². The van der Waals surface area contributed by atoms with Crippen LogP contribution in [0.4, 0.5) is 5.69 Å². The molecule has 2 N–H and O–H groups in total. The Balaban J connectivity index is 1.21. The van der Waals surface area contributed by atoms with E-state index in [0.29, 0.717) is 24.5 Å². The molecule has 0 radical (unpaired) electrons. The molecule has 0 saturated carbocycles. The molecule has 2 aromatic carbocycles. The number of amides is 2. The largest absolute Gasteiger partial charge is 0.382 e. The second kappa shape index (κ2) is 12.8. The molecular formula is C31H37ClN6O3S. The van der Waals surface area contributed by atoms with Crippen LogP contribution in [0.1, 0.15) is 54.3 Å². The Morgan fingerprint density at radius 2 is 2.02 bits per heavy atom. The molecule has 2 aromatic heterocycles. The molecule has 11 heteroatoms. The minimum absolute atomic E-state index is 0.117. The predicted molar refractivity (Wildman–Crippen MR) is 167 cm³/mol. The number of aromatic nitrogens is 3. The number of nitrogens with zero attached hydrogens (tertiary/aromatic N) is 5. The quantitative estimate of drug-likeness (QED) is 0.264. The highest BCUT2D eigenvalue weighted by atomic mass is 35.5. The number of fused-ring (bicyclic) bond motifs is 1. The van der Waals surface area contributed by atoms with Gasteiger partial charge >= 0.3 is 0 Å². The molecule has 0 bridgehead atoms. The number of likely N-dealkylation sites (tertiary alicyclic amines) is 1. The molecule has 3 atom stereocenters. The van der Waals surface area contributed by atoms with Gasteiger partial charge in [0.15, 0.2) is 0 Å². The Labute approximate surface area is 255 Å². The van der Waals surface area contributed by atoms with Crippen LogP contribution in [0, 0.1) is 12.8 Å². The van der Waals surface area contributed by atoms with Gasteiger partial charge in [0.05, 0.1) is 41.8 Å². The maximum absolute atomic E-state index is 13.5. The van der Waals surface area contributed by atoms with E-state index in [4.69, 9.17) is 16.6 Å². The molecule has 0 aliphatic carbocycles. The Morgan fingerprint density at radius 3 is 2.79 bits per heavy atom. The molecule has 9 nitrogen and oxygen atoms in total. The highest BCUT2D eigenvalue weighted by Crippen LogP contribution is 2.34. The fraction of sp³-hybridized carbons (Fsp3) is 0.419. The number of nitrogens with one attached hydrogen (secondary N) is 1. The van der Waals surface area contributed by atoms with E-state index in [9.17, 15) is 14.7 Å². The smallest absolute Gasteiger partial charge is 0.252 e. The summed E-state index contributed by atoms with van der Waals surface area (Å²) in [6.45, 7) is 5.08. The first-order valence-electron chi connectivity index (χ1n) is 14.3. The number of aliphatic hydroxyl groups is 1. The van der Waals surface area contributed by atoms with E-state index in [1.165, 1.54) is 11.3 Å². The molecule has 1 fully saturated rings. The van der Waals surface area contributed by atoms with E-state index >= 15 is 0 Å². The van der Waals surface area contributed by atoms with Crippen LogP contribution in [0.25, 0.3) is 11.0 Å². The molecule has 1 aliphatic rings. The van der Waals surface area contributed by atoms with Crippen molar-refractivity contribution in [3.63, 3.8) is 0 Å². The van der Waals surface area contributed by atoms with Gasteiger partial charge in [0.2, 0.25) is 5.91 Å². The first kappa shape index (κ1) is 30.0. The van der Waals surface area contributed by atoms with E-state index in [1.54, 1.807) is 4.90 Å². The number of halogens is 1. The summed E-state index contributed by atoms with van der Waals surface area (Å²) in [4.78, 5) is 39.7. The normalized spacial score (nSPS) is 16.5. The third-order valence-electron chi connectivity index (χ3n) is 7.95. The van der Waals surface area contributed by atoms with Crippen molar-refractivity contribution in [1.29, 1.82) is 0 Å². The van der Waals surface area contributed by atoms with Gasteiger partial charge in [0.25, 0.3) is 5.91 Å². The second-order valence-corrected chi connectivity index (χ2v) is 12.3. The average Bonchev–Trinajstić information content (AvgIpc) is 3.72. The molecule has 222 valence electrons. The SMILES string of the molecule is CCC(C(=O)NCc1nc(Cn2c(C)nc3ccc(Cl)cc32)cs1)C(O)C(=O)N1CCCC1c1cccc(N(C)C)c1. The Kier molecular flexibility index (Phi) is 9.15. The number of rotatable bonds is 10. The van der Waals surface area contributed by atoms with E-state index in [0.717, 1.165) is 51.7 Å². The van der Waals surface area contributed by atoms with E-state index in [2.05, 4.69) is 20.9 Å². The standard InChI is InChI=1S/C31H37ClN6O3S/c1-5-24(29(39)31(41)37-13-7-10-26(37)20-8-6-9-23(14-20)36(3)4)30(40)33-16-28-35-22(18-42-28)17-38-19(2)34-25-12-11-21(32)15-27(25)38/h6,8-9,11-12,14-15,18,24,26,29,39H,5,7,10,13,16-17H2,1-4H3,(H,33,40). The summed E-state index contributed by atoms with van der Waals surface area (Å²) >= 11 is 7.66. The van der Waals surface area contributed by atoms with E-state index < -0.39 is 17.9 Å². The summed E-state index contributed by atoms with van der Waals surface area (Å²) in [5, 5.41) is 17.4. The summed E-state index contributed by atoms with van der Waals surface area (Å²) in [5.41, 5.74) is 4.77. The van der Waals surface area contributed by atoms with Crippen molar-refractivity contribution >= 4 is 51.5 Å². The summed E-state index contributed by atoms with van der Waals surface area (Å²) in [6.07, 6.45) is 0.605. The van der Waals surface area contributed by atoms with Crippen LogP contribution in [0.3, 0.4) is 0 Å². The zero-order chi connectivity index (χ0) is 30.0. The van der Waals surface area contributed by atoms with Crippen molar-refractivity contribution in [3.05, 3.63) is 75.0 Å². The Bertz CT molecular complexity index is 1580. The number of benzene rings is 2. The van der Waals surface area contributed by atoms with Gasteiger partial charge < -0.3 is 24.8 Å². The number of anilines is 1. The zero-order valence-electron chi connectivity index (χ0n) is 24.4. The molecule has 1 saturated heterocycles. The van der Waals surface area contributed by atoms with Crippen molar-refractivity contribution in [1.82, 2.24) is 24.8 Å². The van der Waals surface area contributed by atoms with Crippen LogP contribution in [-0.2, 0) is 22.7 Å². The highest BCUT2D eigenvalue weighted by Gasteiger charge is 2.38. The van der Waals surface area contributed by atoms with Gasteiger partial charge in [-0.3, -0.25) is 9.59 Å². The molecule has 2 amide bonds. The first-order chi connectivity index (χ1) is 20.2. The number of thiazole rings is 1. The summed E-state index contributed by atoms with van der Waals surface area (Å²) < 4.78 is 2.07. The summed E-state index contributed by atoms with van der Waals surface area (Å²) in [6, 6.07) is 13.6. The second-order valence-electron chi connectivity index (χ2n) is 11.0. The number of hydrogen-bond donors (Lipinski definition) is 2. The number of aryl methyl sites for hydroxylation is 1. The van der Waals surface area contributed by atoms with Crippen LogP contribution >= 0.6 is 22.9 Å². The van der Waals surface area contributed by atoms with Gasteiger partial charge in [-0.25, -0.2) is 9.97 Å². The summed E-state index contributed by atoms with van der Waals surface area (Å²) in [5.74, 6) is -0.734. The molecule has 42 heavy (non-hydrogen) atoms. The predicted octanol–water partition coefficient (Wildman–Crippen LogP) is 4.94. The lowest BCUT2D eigenvalue weighted by Gasteiger charge is -2.30. The third-order valence-corrected chi connectivity index (χ3v) is 9.09. The zero-order valence-corrected chi connectivity index (χ0v) is 26.0. The Hall–Kier alpha value is -3.47. The van der Waals surface area contributed by atoms with E-state index in [-0.39, 0.29) is 18.5 Å². The van der Waals surface area contributed by atoms with Gasteiger partial charge in [0.1, 0.15) is 16.9 Å². The monoisotopic (exact) mass is 608 g/mol. The molecule has 3 heterocycles. The lowest BCUT2D eigenvalue weighted by Crippen LogP contribution is -2.47. The number of carbonyl (C=O) groups is 2. The van der Waals surface area contributed by atoms with Gasteiger partial charge in [-0.15, -0.1) is 11.3 Å². The van der Waals surface area contributed by atoms with Crippen molar-refractivity contribution in [3.8, 4) is 0 Å². The molecule has 3 unspecified atom stereocenters. The van der Waals surface area contributed by atoms with Crippen LogP contribution in [0.15, 0.2) is 47.8 Å². The van der Waals surface area contributed by atoms with Gasteiger partial charge in [-0.2, -0.15) is 0 Å². The van der Waals surface area contributed by atoms with Crippen molar-refractivity contribution < 1.29 is 14.7 Å². The maximum atomic E-state index is 13.5. The minimum Gasteiger partial charge on any atom is -0.382 e. The number of carbonyl (C=O) groups excluding carboxylic acids is 2. The van der Waals surface area contributed by atoms with Gasteiger partial charge in [-0.05, 0) is 62.1 Å². The van der Waals surface area contributed by atoms with Crippen LogP contribution in [-0.4, -0.2) is 63.1 Å². The Morgan fingerprint density at radius 1 is 1.21 bits per heavy atom. The first-order valence-corrected chi connectivity index (χ1v) is 15.5. The number of aliphatic hydroxyl groups excluding tert-OH is 1. The minimum atomic E-state index is -1.41. The maximum Gasteiger partial charge on any atom is 0.252 e.